The molecule has 0 saturated carbocycles. The zero-order valence-electron chi connectivity index (χ0n) is 10.2. The van der Waals surface area contributed by atoms with E-state index in [1.165, 1.54) is 0 Å². The summed E-state index contributed by atoms with van der Waals surface area (Å²) in [6, 6.07) is 7.86. The van der Waals surface area contributed by atoms with E-state index in [0.717, 1.165) is 22.6 Å². The van der Waals surface area contributed by atoms with Gasteiger partial charge in [0.05, 0.1) is 16.4 Å². The summed E-state index contributed by atoms with van der Waals surface area (Å²) in [6.45, 7) is 5.91. The zero-order chi connectivity index (χ0) is 12.6. The average Bonchev–Trinajstić information content (AvgIpc) is 2.57. The van der Waals surface area contributed by atoms with Gasteiger partial charge in [-0.15, -0.1) is 0 Å². The molecule has 0 aliphatic rings. The second-order valence-corrected chi connectivity index (χ2v) is 4.75. The van der Waals surface area contributed by atoms with Gasteiger partial charge < -0.3 is 5.73 Å². The van der Waals surface area contributed by atoms with Crippen molar-refractivity contribution in [1.82, 2.24) is 9.78 Å². The predicted molar refractivity (Wildman–Crippen MR) is 70.7 cm³/mol. The molecule has 4 heteroatoms. The van der Waals surface area contributed by atoms with Gasteiger partial charge in [0.15, 0.2) is 0 Å². The van der Waals surface area contributed by atoms with Crippen LogP contribution < -0.4 is 5.73 Å². The van der Waals surface area contributed by atoms with Gasteiger partial charge >= 0.3 is 0 Å². The van der Waals surface area contributed by atoms with Crippen molar-refractivity contribution >= 4 is 11.6 Å². The highest BCUT2D eigenvalue weighted by Crippen LogP contribution is 2.25. The largest absolute Gasteiger partial charge is 0.324 e. The third-order valence-electron chi connectivity index (χ3n) is 2.74. The van der Waals surface area contributed by atoms with Crippen LogP contribution in [0, 0.1) is 13.8 Å². The van der Waals surface area contributed by atoms with Gasteiger partial charge in [-0.1, -0.05) is 17.7 Å². The molecular weight excluding hydrogens is 234 g/mol. The van der Waals surface area contributed by atoms with Crippen LogP contribution in [0.5, 0.6) is 0 Å². The molecule has 2 aromatic rings. The molecule has 3 nitrogen and oxygen atoms in total. The summed E-state index contributed by atoms with van der Waals surface area (Å²) < 4.78 is 1.85. The van der Waals surface area contributed by atoms with Crippen molar-refractivity contribution in [2.24, 2.45) is 5.73 Å². The first-order chi connectivity index (χ1) is 7.99. The minimum Gasteiger partial charge on any atom is -0.324 e. The molecule has 17 heavy (non-hydrogen) atoms. The zero-order valence-corrected chi connectivity index (χ0v) is 11.0. The maximum absolute atomic E-state index is 6.27. The minimum atomic E-state index is -0.0120. The molecule has 2 rings (SSSR count). The quantitative estimate of drug-likeness (QED) is 0.889. The Bertz CT molecular complexity index is 544. The smallest absolute Gasteiger partial charge is 0.0835 e. The summed E-state index contributed by atoms with van der Waals surface area (Å²) in [5, 5.41) is 5.09. The Morgan fingerprint density at radius 3 is 2.47 bits per heavy atom. The van der Waals surface area contributed by atoms with Gasteiger partial charge in [-0.2, -0.15) is 5.10 Å². The van der Waals surface area contributed by atoms with Crippen LogP contribution in [0.4, 0.5) is 0 Å². The van der Waals surface area contributed by atoms with Crippen LogP contribution in [-0.2, 0) is 0 Å². The summed E-state index contributed by atoms with van der Waals surface area (Å²) in [5.74, 6) is 0. The molecule has 0 fully saturated rings. The summed E-state index contributed by atoms with van der Waals surface area (Å²) in [7, 11) is 0. The Kier molecular flexibility index (Phi) is 3.22. The molecule has 0 bridgehead atoms. The van der Waals surface area contributed by atoms with Gasteiger partial charge in [0.25, 0.3) is 0 Å². The lowest BCUT2D eigenvalue weighted by Crippen LogP contribution is -2.06. The lowest BCUT2D eigenvalue weighted by atomic mass is 10.1. The van der Waals surface area contributed by atoms with E-state index >= 15 is 0 Å². The van der Waals surface area contributed by atoms with Gasteiger partial charge in [-0.05, 0) is 44.5 Å². The fourth-order valence-electron chi connectivity index (χ4n) is 1.85. The van der Waals surface area contributed by atoms with Crippen molar-refractivity contribution in [2.75, 3.05) is 0 Å². The van der Waals surface area contributed by atoms with E-state index in [9.17, 15) is 0 Å². The lowest BCUT2D eigenvalue weighted by molar-refractivity contribution is 0.808. The van der Waals surface area contributed by atoms with Crippen LogP contribution in [0.3, 0.4) is 0 Å². The van der Waals surface area contributed by atoms with Gasteiger partial charge in [-0.3, -0.25) is 0 Å². The molecule has 90 valence electrons. The van der Waals surface area contributed by atoms with E-state index in [4.69, 9.17) is 17.3 Å². The topological polar surface area (TPSA) is 43.8 Å². The van der Waals surface area contributed by atoms with E-state index < -0.39 is 0 Å². The maximum Gasteiger partial charge on any atom is 0.0835 e. The number of hydrogen-bond donors (Lipinski definition) is 1. The van der Waals surface area contributed by atoms with E-state index in [-0.39, 0.29) is 6.04 Å². The van der Waals surface area contributed by atoms with Crippen LogP contribution in [0.25, 0.3) is 5.69 Å². The van der Waals surface area contributed by atoms with Crippen molar-refractivity contribution in [3.63, 3.8) is 0 Å². The number of aromatic nitrogens is 2. The molecule has 1 aromatic heterocycles. The lowest BCUT2D eigenvalue weighted by Gasteiger charge is -2.10. The molecule has 0 amide bonds. The summed E-state index contributed by atoms with van der Waals surface area (Å²) >= 11 is 6.27. The Morgan fingerprint density at radius 2 is 2.00 bits per heavy atom. The number of hydrogen-bond acceptors (Lipinski definition) is 2. The molecular formula is C13H16ClN3. The predicted octanol–water partition coefficient (Wildman–Crippen LogP) is 3.16. The number of nitrogens with two attached hydrogens (primary N) is 1. The molecule has 1 aromatic carbocycles. The van der Waals surface area contributed by atoms with Crippen molar-refractivity contribution in [3.05, 3.63) is 46.2 Å². The minimum absolute atomic E-state index is 0.0120. The Labute approximate surface area is 106 Å². The highest BCUT2D eigenvalue weighted by atomic mass is 35.5. The van der Waals surface area contributed by atoms with Crippen LogP contribution >= 0.6 is 11.6 Å². The molecule has 0 saturated heterocycles. The number of aryl methyl sites for hydroxylation is 2. The average molecular weight is 250 g/mol. The second kappa shape index (κ2) is 4.51. The molecule has 0 unspecified atom stereocenters. The molecule has 2 N–H and O–H groups in total. The monoisotopic (exact) mass is 249 g/mol. The second-order valence-electron chi connectivity index (χ2n) is 4.34. The Balaban J connectivity index is 2.50. The Morgan fingerprint density at radius 1 is 1.29 bits per heavy atom. The molecule has 1 heterocycles. The van der Waals surface area contributed by atoms with Gasteiger partial charge in [0.2, 0.25) is 0 Å². The third kappa shape index (κ3) is 2.35. The standard InChI is InChI=1S/C13H16ClN3/c1-8-6-9(2)17(16-8)13-5-4-11(10(3)15)7-12(13)14/h4-7,10H,15H2,1-3H3/t10-/m0/s1. The van der Waals surface area contributed by atoms with Gasteiger partial charge in [0, 0.05) is 11.7 Å². The third-order valence-corrected chi connectivity index (χ3v) is 3.04. The summed E-state index contributed by atoms with van der Waals surface area (Å²) in [6.07, 6.45) is 0. The summed E-state index contributed by atoms with van der Waals surface area (Å²) in [5.41, 5.74) is 9.79. The maximum atomic E-state index is 6.27. The van der Waals surface area contributed by atoms with Crippen molar-refractivity contribution in [1.29, 1.82) is 0 Å². The molecule has 0 aliphatic heterocycles. The SMILES string of the molecule is Cc1cc(C)n(-c2ccc([C@H](C)N)cc2Cl)n1. The van der Waals surface area contributed by atoms with E-state index in [1.54, 1.807) is 0 Å². The molecule has 0 aliphatic carbocycles. The normalized spacial score (nSPS) is 12.8. The number of halogens is 1. The van der Waals surface area contributed by atoms with Crippen LogP contribution in [-0.4, -0.2) is 9.78 Å². The number of rotatable bonds is 2. The first-order valence-corrected chi connectivity index (χ1v) is 5.95. The van der Waals surface area contributed by atoms with Crippen LogP contribution in [0.1, 0.15) is 29.9 Å². The Hall–Kier alpha value is -1.32. The highest BCUT2D eigenvalue weighted by Gasteiger charge is 2.09. The molecule has 0 radical (unpaired) electrons. The highest BCUT2D eigenvalue weighted by molar-refractivity contribution is 6.32. The van der Waals surface area contributed by atoms with Crippen molar-refractivity contribution in [3.8, 4) is 5.69 Å². The van der Waals surface area contributed by atoms with E-state index in [2.05, 4.69) is 5.10 Å². The van der Waals surface area contributed by atoms with E-state index in [0.29, 0.717) is 5.02 Å². The van der Waals surface area contributed by atoms with Crippen LogP contribution in [0.2, 0.25) is 5.02 Å². The number of nitrogens with zero attached hydrogens (tertiary/aromatic N) is 2. The van der Waals surface area contributed by atoms with Crippen molar-refractivity contribution in [2.45, 2.75) is 26.8 Å². The van der Waals surface area contributed by atoms with Crippen LogP contribution in [0.15, 0.2) is 24.3 Å². The number of benzene rings is 1. The summed E-state index contributed by atoms with van der Waals surface area (Å²) in [4.78, 5) is 0. The molecule has 0 spiro atoms. The fourth-order valence-corrected chi connectivity index (χ4v) is 2.12. The first-order valence-electron chi connectivity index (χ1n) is 5.57. The fraction of sp³-hybridized carbons (Fsp3) is 0.308. The first kappa shape index (κ1) is 12.1. The van der Waals surface area contributed by atoms with Gasteiger partial charge in [0.1, 0.15) is 0 Å². The molecule has 1 atom stereocenters. The van der Waals surface area contributed by atoms with Crippen molar-refractivity contribution < 1.29 is 0 Å². The van der Waals surface area contributed by atoms with Gasteiger partial charge in [-0.25, -0.2) is 4.68 Å². The van der Waals surface area contributed by atoms with E-state index in [1.807, 2.05) is 49.7 Å².